The van der Waals surface area contributed by atoms with Gasteiger partial charge in [0.2, 0.25) is 0 Å². The van der Waals surface area contributed by atoms with E-state index in [9.17, 15) is 0 Å². The molecule has 0 aliphatic heterocycles. The second-order valence-corrected chi connectivity index (χ2v) is 13.9. The number of hydrogen-bond donors (Lipinski definition) is 0. The van der Waals surface area contributed by atoms with Crippen molar-refractivity contribution >= 4 is 73.2 Å². The molecule has 0 bridgehead atoms. The maximum absolute atomic E-state index is 7.24. The summed E-state index contributed by atoms with van der Waals surface area (Å²) in [6.07, 6.45) is 0. The minimum atomic E-state index is -1.65. The molecule has 0 aliphatic carbocycles. The van der Waals surface area contributed by atoms with Crippen molar-refractivity contribution in [3.8, 4) is 0 Å². The van der Waals surface area contributed by atoms with E-state index in [2.05, 4.69) is 176 Å². The van der Waals surface area contributed by atoms with Crippen LogP contribution < -0.4 is 4.67 Å². The smallest absolute Gasteiger partial charge is 0.310 e. The first-order valence-electron chi connectivity index (χ1n) is 16.6. The molecule has 4 heteroatoms. The van der Waals surface area contributed by atoms with E-state index in [1.54, 1.807) is 0 Å². The quantitative estimate of drug-likeness (QED) is 0.188. The van der Waals surface area contributed by atoms with E-state index < -0.39 is 8.16 Å². The standard InChI is InChI=1S/C44H34NO2P/c1-29(35-23-11-17-31-13-3-7-19-37(31)35)45(30(2)36-24-12-18-32-14-4-8-20-38(32)36)48-46-41-27-25-33-15-5-9-21-39(33)43(41)44-40-22-10-6-16-34(40)26-28-42(44)47-48/h3-30H,1-2H3/t29-,30-/m0/s1. The molecule has 0 radical (unpaired) electrons. The van der Waals surface area contributed by atoms with E-state index in [0.29, 0.717) is 0 Å². The van der Waals surface area contributed by atoms with E-state index in [1.165, 1.54) is 43.4 Å². The van der Waals surface area contributed by atoms with Crippen LogP contribution in [0.15, 0.2) is 166 Å². The minimum Gasteiger partial charge on any atom is -0.408 e. The van der Waals surface area contributed by atoms with Crippen LogP contribution in [0.1, 0.15) is 37.1 Å². The topological polar surface area (TPSA) is 29.5 Å². The molecule has 0 saturated carbocycles. The van der Waals surface area contributed by atoms with Crippen molar-refractivity contribution in [2.45, 2.75) is 25.9 Å². The lowest BCUT2D eigenvalue weighted by molar-refractivity contribution is 0.561. The van der Waals surface area contributed by atoms with Crippen LogP contribution >= 0.6 is 8.16 Å². The van der Waals surface area contributed by atoms with Crippen molar-refractivity contribution in [2.24, 2.45) is 0 Å². The van der Waals surface area contributed by atoms with Crippen molar-refractivity contribution in [1.29, 1.82) is 0 Å². The summed E-state index contributed by atoms with van der Waals surface area (Å²) >= 11 is 0. The molecule has 2 atom stereocenters. The number of nitrogens with zero attached hydrogens (tertiary/aromatic N) is 1. The highest BCUT2D eigenvalue weighted by atomic mass is 31.1. The third-order valence-electron chi connectivity index (χ3n) is 9.91. The molecule has 3 nitrogen and oxygen atoms in total. The van der Waals surface area contributed by atoms with Crippen molar-refractivity contribution in [3.63, 3.8) is 0 Å². The average Bonchev–Trinajstić information content (AvgIpc) is 3.31. The van der Waals surface area contributed by atoms with Crippen LogP contribution in [0, 0.1) is 0 Å². The van der Waals surface area contributed by atoms with E-state index >= 15 is 0 Å². The fourth-order valence-electron chi connectivity index (χ4n) is 7.58. The van der Waals surface area contributed by atoms with E-state index in [-0.39, 0.29) is 12.1 Å². The highest BCUT2D eigenvalue weighted by Gasteiger charge is 2.31. The maximum Gasteiger partial charge on any atom is 0.310 e. The summed E-state index contributed by atoms with van der Waals surface area (Å²) < 4.78 is 16.9. The summed E-state index contributed by atoms with van der Waals surface area (Å²) in [6, 6.07) is 56.2. The first-order chi connectivity index (χ1) is 23.7. The summed E-state index contributed by atoms with van der Waals surface area (Å²) in [7, 11) is -1.65. The van der Waals surface area contributed by atoms with Crippen LogP contribution in [0.5, 0.6) is 0 Å². The zero-order valence-electron chi connectivity index (χ0n) is 26.9. The predicted molar refractivity (Wildman–Crippen MR) is 204 cm³/mol. The molecule has 0 saturated heterocycles. The second-order valence-electron chi connectivity index (χ2n) is 12.6. The fraction of sp³-hybridized carbons (Fsp3) is 0.0909. The molecule has 0 amide bonds. The molecule has 1 aromatic heterocycles. The normalized spacial score (nSPS) is 13.2. The predicted octanol–water partition coefficient (Wildman–Crippen LogP) is 13.4. The summed E-state index contributed by atoms with van der Waals surface area (Å²) in [5, 5.41) is 11.8. The lowest BCUT2D eigenvalue weighted by Crippen LogP contribution is -2.27. The van der Waals surface area contributed by atoms with Gasteiger partial charge in [-0.3, -0.25) is 0 Å². The largest absolute Gasteiger partial charge is 0.408 e. The van der Waals surface area contributed by atoms with Gasteiger partial charge in [0.1, 0.15) is 11.2 Å². The molecular formula is C44H34NO2P. The van der Waals surface area contributed by atoms with Gasteiger partial charge in [-0.2, -0.15) is 4.67 Å². The van der Waals surface area contributed by atoms with Crippen molar-refractivity contribution in [3.05, 3.63) is 169 Å². The van der Waals surface area contributed by atoms with Gasteiger partial charge < -0.3 is 8.39 Å². The Morgan fingerprint density at radius 2 is 0.750 bits per heavy atom. The molecule has 0 N–H and O–H groups in total. The molecule has 0 unspecified atom stereocenters. The summed E-state index contributed by atoms with van der Waals surface area (Å²) in [5.74, 6) is 0. The number of benzene rings is 8. The number of fused-ring (bicyclic) bond motifs is 9. The Balaban J connectivity index is 1.39. The van der Waals surface area contributed by atoms with Crippen LogP contribution in [0.4, 0.5) is 0 Å². The van der Waals surface area contributed by atoms with Gasteiger partial charge in [-0.15, -0.1) is 0 Å². The van der Waals surface area contributed by atoms with Gasteiger partial charge in [-0.05, 0) is 80.2 Å². The number of rotatable bonds is 5. The van der Waals surface area contributed by atoms with Crippen LogP contribution in [0.2, 0.25) is 0 Å². The Bertz CT molecular complexity index is 2500. The molecule has 0 fully saturated rings. The molecular weight excluding hydrogens is 605 g/mol. The first kappa shape index (κ1) is 28.8. The Morgan fingerprint density at radius 1 is 0.396 bits per heavy atom. The number of hydrogen-bond acceptors (Lipinski definition) is 3. The molecule has 48 heavy (non-hydrogen) atoms. The molecule has 8 aromatic carbocycles. The SMILES string of the molecule is C[C@@H](c1cccc2ccccc12)N([C@@H](C)c1cccc2ccccc12)p1oc2ccc3ccccc3c2c2c(ccc3ccccc32)o1. The van der Waals surface area contributed by atoms with Gasteiger partial charge >= 0.3 is 8.16 Å². The van der Waals surface area contributed by atoms with Gasteiger partial charge in [0.05, 0.1) is 0 Å². The summed E-state index contributed by atoms with van der Waals surface area (Å²) in [5.41, 5.74) is 4.18. The first-order valence-corrected chi connectivity index (χ1v) is 17.7. The molecule has 232 valence electrons. The molecule has 1 heterocycles. The molecule has 0 spiro atoms. The van der Waals surface area contributed by atoms with E-state index in [4.69, 9.17) is 8.39 Å². The lowest BCUT2D eigenvalue weighted by atomic mass is 9.96. The molecule has 9 aromatic rings. The second kappa shape index (κ2) is 11.7. The zero-order chi connectivity index (χ0) is 32.2. The Morgan fingerprint density at radius 3 is 1.19 bits per heavy atom. The Hall–Kier alpha value is -5.34. The van der Waals surface area contributed by atoms with Crippen molar-refractivity contribution in [1.82, 2.24) is 0 Å². The molecule has 0 aliphatic rings. The van der Waals surface area contributed by atoms with Crippen LogP contribution in [-0.4, -0.2) is 0 Å². The lowest BCUT2D eigenvalue weighted by Gasteiger charge is -2.33. The monoisotopic (exact) mass is 639 g/mol. The van der Waals surface area contributed by atoms with Gasteiger partial charge in [0, 0.05) is 22.9 Å². The van der Waals surface area contributed by atoms with Crippen LogP contribution in [0.25, 0.3) is 65.0 Å². The van der Waals surface area contributed by atoms with Crippen LogP contribution in [-0.2, 0) is 0 Å². The Kier molecular flexibility index (Phi) is 7.04. The maximum atomic E-state index is 7.24. The summed E-state index contributed by atoms with van der Waals surface area (Å²) in [4.78, 5) is 0. The van der Waals surface area contributed by atoms with Crippen LogP contribution in [0.3, 0.4) is 0 Å². The third kappa shape index (κ3) is 4.70. The average molecular weight is 640 g/mol. The van der Waals surface area contributed by atoms with Gasteiger partial charge in [0.15, 0.2) is 0 Å². The zero-order valence-corrected chi connectivity index (χ0v) is 27.8. The highest BCUT2D eigenvalue weighted by molar-refractivity contribution is 7.39. The highest BCUT2D eigenvalue weighted by Crippen LogP contribution is 2.49. The Labute approximate surface area is 280 Å². The van der Waals surface area contributed by atoms with E-state index in [1.807, 2.05) is 0 Å². The van der Waals surface area contributed by atoms with Crippen molar-refractivity contribution in [2.75, 3.05) is 4.67 Å². The van der Waals surface area contributed by atoms with Gasteiger partial charge in [-0.1, -0.05) is 146 Å². The summed E-state index contributed by atoms with van der Waals surface area (Å²) in [6.45, 7) is 4.60. The molecule has 9 rings (SSSR count). The third-order valence-corrected chi connectivity index (χ3v) is 11.7. The van der Waals surface area contributed by atoms with Crippen molar-refractivity contribution < 1.29 is 8.39 Å². The van der Waals surface area contributed by atoms with E-state index in [0.717, 1.165) is 32.7 Å². The van der Waals surface area contributed by atoms with Gasteiger partial charge in [-0.25, -0.2) is 0 Å². The minimum absolute atomic E-state index is 0.0397. The fourth-order valence-corrected chi connectivity index (χ4v) is 9.27. The van der Waals surface area contributed by atoms with Gasteiger partial charge in [0.25, 0.3) is 0 Å².